The lowest BCUT2D eigenvalue weighted by Gasteiger charge is -2.56. The Morgan fingerprint density at radius 1 is 1.00 bits per heavy atom. The summed E-state index contributed by atoms with van der Waals surface area (Å²) in [5, 5.41) is 1.10. The number of alkyl halides is 3. The minimum atomic E-state index is -4.29. The van der Waals surface area contributed by atoms with Crippen LogP contribution in [0.25, 0.3) is 10.2 Å². The first-order valence-electron chi connectivity index (χ1n) is 8.40. The van der Waals surface area contributed by atoms with Gasteiger partial charge < -0.3 is 0 Å². The summed E-state index contributed by atoms with van der Waals surface area (Å²) in [5.41, 5.74) is 0.0968. The lowest BCUT2D eigenvalue weighted by Crippen LogP contribution is -2.48. The Bertz CT molecular complexity index is 741. The summed E-state index contributed by atoms with van der Waals surface area (Å²) in [6, 6.07) is 4.00. The highest BCUT2D eigenvalue weighted by Gasteiger charge is 2.53. The molecule has 1 nitrogen and oxygen atoms in total. The van der Waals surface area contributed by atoms with Crippen LogP contribution in [0.1, 0.15) is 49.1 Å². The Hall–Kier alpha value is -1.10. The van der Waals surface area contributed by atoms with Crippen LogP contribution in [0, 0.1) is 17.8 Å². The quantitative estimate of drug-likeness (QED) is 0.642. The Balaban J connectivity index is 1.58. The van der Waals surface area contributed by atoms with Gasteiger partial charge in [0.2, 0.25) is 0 Å². The predicted molar refractivity (Wildman–Crippen MR) is 84.5 cm³/mol. The van der Waals surface area contributed by atoms with Crippen LogP contribution in [-0.2, 0) is 11.6 Å². The monoisotopic (exact) mass is 337 g/mol. The van der Waals surface area contributed by atoms with E-state index in [-0.39, 0.29) is 5.41 Å². The number of fused-ring (bicyclic) bond motifs is 1. The first-order chi connectivity index (χ1) is 10.9. The van der Waals surface area contributed by atoms with E-state index in [2.05, 4.69) is 0 Å². The highest BCUT2D eigenvalue weighted by atomic mass is 32.1. The minimum absolute atomic E-state index is 0.164. The molecule has 23 heavy (non-hydrogen) atoms. The fraction of sp³-hybridized carbons (Fsp3) is 0.611. The number of aromatic nitrogens is 1. The van der Waals surface area contributed by atoms with E-state index < -0.39 is 11.7 Å². The third kappa shape index (κ3) is 2.15. The van der Waals surface area contributed by atoms with E-state index in [1.807, 2.05) is 0 Å². The van der Waals surface area contributed by atoms with Crippen LogP contribution in [0.2, 0.25) is 0 Å². The van der Waals surface area contributed by atoms with E-state index in [4.69, 9.17) is 4.98 Å². The molecule has 1 heterocycles. The van der Waals surface area contributed by atoms with Crippen LogP contribution in [0.4, 0.5) is 13.2 Å². The van der Waals surface area contributed by atoms with Crippen molar-refractivity contribution in [3.63, 3.8) is 0 Å². The van der Waals surface area contributed by atoms with Gasteiger partial charge in [-0.15, -0.1) is 11.3 Å². The third-order valence-electron chi connectivity index (χ3n) is 6.21. The summed E-state index contributed by atoms with van der Waals surface area (Å²) >= 11 is 1.63. The molecule has 1 aromatic carbocycles. The molecule has 6 rings (SSSR count). The van der Waals surface area contributed by atoms with Gasteiger partial charge in [-0.25, -0.2) is 4.98 Å². The number of rotatable bonds is 1. The number of benzene rings is 1. The van der Waals surface area contributed by atoms with Crippen LogP contribution in [0.5, 0.6) is 0 Å². The number of hydrogen-bond donors (Lipinski definition) is 0. The molecule has 0 spiro atoms. The second-order valence-electron chi connectivity index (χ2n) is 7.90. The summed E-state index contributed by atoms with van der Waals surface area (Å²) in [7, 11) is 0. The summed E-state index contributed by atoms with van der Waals surface area (Å²) in [5.74, 6) is 2.46. The van der Waals surface area contributed by atoms with E-state index in [1.165, 1.54) is 50.7 Å². The molecule has 2 aromatic rings. The van der Waals surface area contributed by atoms with Crippen LogP contribution in [0.3, 0.4) is 0 Å². The fourth-order valence-electron chi connectivity index (χ4n) is 5.70. The van der Waals surface area contributed by atoms with Crippen molar-refractivity contribution in [2.24, 2.45) is 17.8 Å². The van der Waals surface area contributed by atoms with E-state index in [1.54, 1.807) is 17.4 Å². The maximum atomic E-state index is 12.9. The second kappa shape index (κ2) is 4.50. The molecule has 4 fully saturated rings. The first-order valence-corrected chi connectivity index (χ1v) is 9.21. The summed E-state index contributed by atoms with van der Waals surface area (Å²) in [6.07, 6.45) is 3.40. The SMILES string of the molecule is FC(F)(F)c1ccc2sc(C34CC5CC(CC(C5)C3)C4)nc2c1. The lowest BCUT2D eigenvalue weighted by molar-refractivity contribution is -0.137. The third-order valence-corrected chi connectivity index (χ3v) is 7.49. The number of hydrogen-bond acceptors (Lipinski definition) is 2. The standard InChI is InChI=1S/C18H18F3NS/c19-18(20,21)13-1-2-15-14(6-13)22-16(23-15)17-7-10-3-11(8-17)5-12(4-10)9-17/h1-2,6,10-12H,3-5,7-9H2. The molecular weight excluding hydrogens is 319 g/mol. The van der Waals surface area contributed by atoms with Crippen molar-refractivity contribution in [1.29, 1.82) is 0 Å². The van der Waals surface area contributed by atoms with Gasteiger partial charge in [-0.05, 0) is 74.5 Å². The summed E-state index contributed by atoms with van der Waals surface area (Å²) < 4.78 is 39.6. The number of halogens is 3. The Morgan fingerprint density at radius 3 is 2.17 bits per heavy atom. The van der Waals surface area contributed by atoms with Crippen molar-refractivity contribution in [2.45, 2.75) is 50.1 Å². The van der Waals surface area contributed by atoms with Crippen molar-refractivity contribution in [3.8, 4) is 0 Å². The fourth-order valence-corrected chi connectivity index (χ4v) is 6.87. The molecule has 4 aliphatic rings. The molecule has 0 amide bonds. The van der Waals surface area contributed by atoms with Gasteiger partial charge in [0.25, 0.3) is 0 Å². The summed E-state index contributed by atoms with van der Waals surface area (Å²) in [4.78, 5) is 4.70. The van der Waals surface area contributed by atoms with Crippen LogP contribution < -0.4 is 0 Å². The molecule has 0 atom stereocenters. The van der Waals surface area contributed by atoms with Crippen molar-refractivity contribution in [2.75, 3.05) is 0 Å². The van der Waals surface area contributed by atoms with Gasteiger partial charge in [-0.3, -0.25) is 0 Å². The molecular formula is C18H18F3NS. The smallest absolute Gasteiger partial charge is 0.241 e. The average Bonchev–Trinajstić information content (AvgIpc) is 2.88. The van der Waals surface area contributed by atoms with Gasteiger partial charge in [0.05, 0.1) is 15.8 Å². The van der Waals surface area contributed by atoms with Gasteiger partial charge in [0.1, 0.15) is 5.01 Å². The molecule has 0 aliphatic heterocycles. The van der Waals surface area contributed by atoms with Crippen LogP contribution in [0.15, 0.2) is 18.2 Å². The van der Waals surface area contributed by atoms with E-state index in [0.29, 0.717) is 5.52 Å². The normalized spacial score (nSPS) is 36.0. The second-order valence-corrected chi connectivity index (χ2v) is 8.93. The minimum Gasteiger partial charge on any atom is -0.241 e. The van der Waals surface area contributed by atoms with E-state index in [0.717, 1.165) is 27.5 Å². The highest BCUT2D eigenvalue weighted by molar-refractivity contribution is 7.18. The number of thiazole rings is 1. The molecule has 4 aliphatic carbocycles. The largest absolute Gasteiger partial charge is 0.416 e. The predicted octanol–water partition coefficient (Wildman–Crippen LogP) is 5.78. The van der Waals surface area contributed by atoms with Crippen molar-refractivity contribution in [3.05, 3.63) is 28.8 Å². The van der Waals surface area contributed by atoms with Crippen molar-refractivity contribution < 1.29 is 13.2 Å². The van der Waals surface area contributed by atoms with Gasteiger partial charge >= 0.3 is 6.18 Å². The molecule has 0 saturated heterocycles. The van der Waals surface area contributed by atoms with E-state index >= 15 is 0 Å². The zero-order chi connectivity index (χ0) is 15.8. The van der Waals surface area contributed by atoms with Crippen LogP contribution >= 0.6 is 11.3 Å². The Kier molecular flexibility index (Phi) is 2.79. The molecule has 4 saturated carbocycles. The van der Waals surface area contributed by atoms with Gasteiger partial charge in [0, 0.05) is 5.41 Å². The highest BCUT2D eigenvalue weighted by Crippen LogP contribution is 2.61. The lowest BCUT2D eigenvalue weighted by atomic mass is 9.50. The topological polar surface area (TPSA) is 12.9 Å². The molecule has 4 bridgehead atoms. The zero-order valence-electron chi connectivity index (χ0n) is 12.7. The Morgan fingerprint density at radius 2 is 1.61 bits per heavy atom. The molecule has 0 N–H and O–H groups in total. The number of nitrogens with zero attached hydrogens (tertiary/aromatic N) is 1. The van der Waals surface area contributed by atoms with Crippen molar-refractivity contribution >= 4 is 21.6 Å². The first kappa shape index (κ1) is 14.3. The molecule has 1 aromatic heterocycles. The van der Waals surface area contributed by atoms with Gasteiger partial charge in [-0.1, -0.05) is 0 Å². The summed E-state index contributed by atoms with van der Waals surface area (Å²) in [6.45, 7) is 0. The maximum Gasteiger partial charge on any atom is 0.416 e. The molecule has 0 unspecified atom stereocenters. The Labute approximate surface area is 136 Å². The maximum absolute atomic E-state index is 12.9. The van der Waals surface area contributed by atoms with Gasteiger partial charge in [-0.2, -0.15) is 13.2 Å². The average molecular weight is 337 g/mol. The van der Waals surface area contributed by atoms with E-state index in [9.17, 15) is 13.2 Å². The zero-order valence-corrected chi connectivity index (χ0v) is 13.5. The molecule has 0 radical (unpaired) electrons. The molecule has 5 heteroatoms. The molecule has 122 valence electrons. The van der Waals surface area contributed by atoms with Crippen molar-refractivity contribution in [1.82, 2.24) is 4.98 Å². The van der Waals surface area contributed by atoms with Crippen LogP contribution in [-0.4, -0.2) is 4.98 Å². The van der Waals surface area contributed by atoms with Gasteiger partial charge in [0.15, 0.2) is 0 Å².